The Morgan fingerprint density at radius 2 is 1.35 bits per heavy atom. The van der Waals surface area contributed by atoms with Crippen molar-refractivity contribution in [2.75, 3.05) is 6.61 Å². The first-order chi connectivity index (χ1) is 9.72. The van der Waals surface area contributed by atoms with Gasteiger partial charge in [-0.05, 0) is 12.8 Å². The number of carbonyl (C=O) groups excluding carboxylic acids is 1. The van der Waals surface area contributed by atoms with E-state index in [4.69, 9.17) is 4.74 Å². The van der Waals surface area contributed by atoms with Crippen LogP contribution < -0.4 is 0 Å². The first-order valence-corrected chi connectivity index (χ1v) is 8.57. The largest absolute Gasteiger partial charge is 0.464 e. The summed E-state index contributed by atoms with van der Waals surface area (Å²) in [6.45, 7) is 4.64. The number of rotatable bonds is 14. The highest BCUT2D eigenvalue weighted by molar-refractivity contribution is 5.74. The lowest BCUT2D eigenvalue weighted by molar-refractivity contribution is -0.154. The van der Waals surface area contributed by atoms with Crippen LogP contribution in [0.15, 0.2) is 0 Å². The Balaban J connectivity index is 3.18. The molecule has 0 saturated heterocycles. The quantitative estimate of drug-likeness (QED) is 0.374. The third-order valence-electron chi connectivity index (χ3n) is 3.58. The Hall–Kier alpha value is -0.570. The van der Waals surface area contributed by atoms with Crippen LogP contribution in [0, 0.1) is 0 Å². The fraction of sp³-hybridized carbons (Fsp3) is 0.941. The van der Waals surface area contributed by atoms with Gasteiger partial charge in [0.1, 0.15) is 0 Å². The number of aliphatic hydroxyl groups is 1. The smallest absolute Gasteiger partial charge is 0.334 e. The van der Waals surface area contributed by atoms with Crippen LogP contribution in [0.5, 0.6) is 0 Å². The molecule has 0 amide bonds. The lowest BCUT2D eigenvalue weighted by Crippen LogP contribution is -2.23. The van der Waals surface area contributed by atoms with Gasteiger partial charge in [-0.1, -0.05) is 78.1 Å². The van der Waals surface area contributed by atoms with E-state index in [2.05, 4.69) is 6.92 Å². The Labute approximate surface area is 125 Å². The zero-order valence-corrected chi connectivity index (χ0v) is 13.5. The highest BCUT2D eigenvalue weighted by Gasteiger charge is 2.14. The van der Waals surface area contributed by atoms with Crippen LogP contribution >= 0.6 is 0 Å². The second kappa shape index (κ2) is 14.8. The molecule has 0 bridgehead atoms. The molecule has 1 unspecified atom stereocenters. The Morgan fingerprint density at radius 1 is 0.850 bits per heavy atom. The molecule has 0 rings (SSSR count). The predicted molar refractivity (Wildman–Crippen MR) is 83.7 cm³/mol. The molecule has 1 atom stereocenters. The van der Waals surface area contributed by atoms with E-state index in [1.54, 1.807) is 0 Å². The lowest BCUT2D eigenvalue weighted by Gasteiger charge is -2.09. The van der Waals surface area contributed by atoms with Crippen molar-refractivity contribution in [1.29, 1.82) is 0 Å². The number of unbranched alkanes of at least 4 members (excludes halogenated alkanes) is 9. The highest BCUT2D eigenvalue weighted by atomic mass is 16.5. The van der Waals surface area contributed by atoms with E-state index < -0.39 is 12.1 Å². The van der Waals surface area contributed by atoms with E-state index in [1.807, 2.05) is 6.92 Å². The molecule has 0 aliphatic heterocycles. The zero-order valence-electron chi connectivity index (χ0n) is 13.5. The van der Waals surface area contributed by atoms with Gasteiger partial charge < -0.3 is 9.84 Å². The van der Waals surface area contributed by atoms with Gasteiger partial charge in [-0.25, -0.2) is 4.79 Å². The van der Waals surface area contributed by atoms with E-state index in [1.165, 1.54) is 51.4 Å². The van der Waals surface area contributed by atoms with Gasteiger partial charge in [0.25, 0.3) is 0 Å². The van der Waals surface area contributed by atoms with Crippen molar-refractivity contribution in [3.05, 3.63) is 0 Å². The Morgan fingerprint density at radius 3 is 1.85 bits per heavy atom. The standard InChI is InChI=1S/C17H34O3/c1-3-5-6-7-8-9-10-11-12-13-15-20-17(19)16(18)14-4-2/h16,18H,3-15H2,1-2H3. The highest BCUT2D eigenvalue weighted by Crippen LogP contribution is 2.10. The summed E-state index contributed by atoms with van der Waals surface area (Å²) >= 11 is 0. The zero-order chi connectivity index (χ0) is 15.1. The van der Waals surface area contributed by atoms with E-state index >= 15 is 0 Å². The number of hydrogen-bond donors (Lipinski definition) is 1. The van der Waals surface area contributed by atoms with Crippen LogP contribution in [0.3, 0.4) is 0 Å². The van der Waals surface area contributed by atoms with Crippen LogP contribution in [-0.2, 0) is 9.53 Å². The van der Waals surface area contributed by atoms with Crippen LogP contribution in [0.25, 0.3) is 0 Å². The Bertz CT molecular complexity index is 216. The maximum absolute atomic E-state index is 11.3. The van der Waals surface area contributed by atoms with Gasteiger partial charge in [-0.3, -0.25) is 0 Å². The van der Waals surface area contributed by atoms with E-state index in [0.29, 0.717) is 13.0 Å². The molecule has 0 aromatic heterocycles. The molecule has 0 fully saturated rings. The number of hydrogen-bond acceptors (Lipinski definition) is 3. The monoisotopic (exact) mass is 286 g/mol. The van der Waals surface area contributed by atoms with E-state index in [9.17, 15) is 9.90 Å². The third-order valence-corrected chi connectivity index (χ3v) is 3.58. The van der Waals surface area contributed by atoms with Gasteiger partial charge in [0.15, 0.2) is 6.10 Å². The van der Waals surface area contributed by atoms with Crippen molar-refractivity contribution in [3.8, 4) is 0 Å². The summed E-state index contributed by atoms with van der Waals surface area (Å²) in [7, 11) is 0. The maximum Gasteiger partial charge on any atom is 0.334 e. The van der Waals surface area contributed by atoms with E-state index in [-0.39, 0.29) is 0 Å². The van der Waals surface area contributed by atoms with Gasteiger partial charge in [0.2, 0.25) is 0 Å². The van der Waals surface area contributed by atoms with Crippen molar-refractivity contribution in [1.82, 2.24) is 0 Å². The summed E-state index contributed by atoms with van der Waals surface area (Å²) in [5.74, 6) is -0.456. The van der Waals surface area contributed by atoms with Crippen molar-refractivity contribution >= 4 is 5.97 Å². The molecule has 0 aliphatic carbocycles. The molecular formula is C17H34O3. The summed E-state index contributed by atoms with van der Waals surface area (Å²) < 4.78 is 5.04. The van der Waals surface area contributed by atoms with Crippen molar-refractivity contribution in [2.24, 2.45) is 0 Å². The SMILES string of the molecule is CCCCCCCCCCCCOC(=O)C(O)CCC. The van der Waals surface area contributed by atoms with E-state index in [0.717, 1.165) is 19.3 Å². The topological polar surface area (TPSA) is 46.5 Å². The van der Waals surface area contributed by atoms with Crippen molar-refractivity contribution < 1.29 is 14.6 Å². The summed E-state index contributed by atoms with van der Waals surface area (Å²) in [4.78, 5) is 11.3. The average molecular weight is 286 g/mol. The molecule has 3 heteroatoms. The van der Waals surface area contributed by atoms with Gasteiger partial charge in [-0.15, -0.1) is 0 Å². The number of aliphatic hydroxyl groups excluding tert-OH is 1. The lowest BCUT2D eigenvalue weighted by atomic mass is 10.1. The molecule has 0 heterocycles. The molecule has 0 aliphatic rings. The van der Waals surface area contributed by atoms with Crippen LogP contribution in [-0.4, -0.2) is 23.8 Å². The second-order valence-corrected chi connectivity index (χ2v) is 5.65. The molecule has 120 valence electrons. The average Bonchev–Trinajstić information content (AvgIpc) is 2.44. The minimum absolute atomic E-state index is 0.454. The fourth-order valence-electron chi connectivity index (χ4n) is 2.25. The first kappa shape index (κ1) is 19.4. The summed E-state index contributed by atoms with van der Waals surface area (Å²) in [6, 6.07) is 0. The number of carbonyl (C=O) groups is 1. The molecule has 0 radical (unpaired) electrons. The second-order valence-electron chi connectivity index (χ2n) is 5.65. The number of esters is 1. The molecule has 1 N–H and O–H groups in total. The van der Waals surface area contributed by atoms with Gasteiger partial charge >= 0.3 is 5.97 Å². The normalized spacial score (nSPS) is 12.3. The van der Waals surface area contributed by atoms with Crippen LogP contribution in [0.4, 0.5) is 0 Å². The molecule has 0 spiro atoms. The minimum atomic E-state index is -0.928. The molecule has 0 aromatic rings. The molecule has 0 aromatic carbocycles. The van der Waals surface area contributed by atoms with Crippen molar-refractivity contribution in [2.45, 2.75) is 97.0 Å². The Kier molecular flexibility index (Phi) is 14.4. The predicted octanol–water partition coefficient (Wildman–Crippen LogP) is 4.61. The summed E-state index contributed by atoms with van der Waals surface area (Å²) in [6.07, 6.45) is 13.0. The molecular weight excluding hydrogens is 252 g/mol. The molecule has 0 saturated carbocycles. The van der Waals surface area contributed by atoms with Gasteiger partial charge in [0, 0.05) is 0 Å². The van der Waals surface area contributed by atoms with Gasteiger partial charge in [-0.2, -0.15) is 0 Å². The summed E-state index contributed by atoms with van der Waals surface area (Å²) in [5.41, 5.74) is 0. The molecule has 3 nitrogen and oxygen atoms in total. The van der Waals surface area contributed by atoms with Gasteiger partial charge in [0.05, 0.1) is 6.61 Å². The van der Waals surface area contributed by atoms with Crippen molar-refractivity contribution in [3.63, 3.8) is 0 Å². The minimum Gasteiger partial charge on any atom is -0.464 e. The summed E-state index contributed by atoms with van der Waals surface area (Å²) in [5, 5.41) is 9.40. The first-order valence-electron chi connectivity index (χ1n) is 8.57. The van der Waals surface area contributed by atoms with Crippen LogP contribution in [0.2, 0.25) is 0 Å². The number of ether oxygens (including phenoxy) is 1. The fourth-order valence-corrected chi connectivity index (χ4v) is 2.25. The van der Waals surface area contributed by atoms with Crippen LogP contribution in [0.1, 0.15) is 90.9 Å². The maximum atomic E-state index is 11.3. The third kappa shape index (κ3) is 12.5. The molecule has 20 heavy (non-hydrogen) atoms.